The van der Waals surface area contributed by atoms with Crippen molar-refractivity contribution < 1.29 is 9.59 Å². The van der Waals surface area contributed by atoms with Crippen molar-refractivity contribution in [3.8, 4) is 6.07 Å². The summed E-state index contributed by atoms with van der Waals surface area (Å²) in [5, 5.41) is 11.4. The molecular formula is C31H36N2O2. The van der Waals surface area contributed by atoms with Crippen LogP contribution in [0.3, 0.4) is 0 Å². The van der Waals surface area contributed by atoms with E-state index < -0.39 is 0 Å². The van der Waals surface area contributed by atoms with Crippen LogP contribution >= 0.6 is 0 Å². The lowest BCUT2D eigenvalue weighted by Gasteiger charge is -2.21. The van der Waals surface area contributed by atoms with Gasteiger partial charge in [-0.25, -0.2) is 0 Å². The maximum absolute atomic E-state index is 11.5. The van der Waals surface area contributed by atoms with Gasteiger partial charge in [-0.15, -0.1) is 0 Å². The minimum absolute atomic E-state index is 0.00672. The van der Waals surface area contributed by atoms with Crippen LogP contribution in [-0.4, -0.2) is 29.6 Å². The third-order valence-electron chi connectivity index (χ3n) is 6.67. The molecule has 2 atom stereocenters. The van der Waals surface area contributed by atoms with Crippen molar-refractivity contribution in [3.63, 3.8) is 0 Å². The van der Waals surface area contributed by atoms with E-state index in [1.165, 1.54) is 42.3 Å². The van der Waals surface area contributed by atoms with Gasteiger partial charge >= 0.3 is 0 Å². The van der Waals surface area contributed by atoms with E-state index in [9.17, 15) is 9.59 Å². The van der Waals surface area contributed by atoms with Gasteiger partial charge in [-0.3, -0.25) is 14.5 Å². The molecular weight excluding hydrogens is 432 g/mol. The summed E-state index contributed by atoms with van der Waals surface area (Å²) in [6.07, 6.45) is 3.26. The molecule has 0 radical (unpaired) electrons. The van der Waals surface area contributed by atoms with E-state index >= 15 is 0 Å². The Hall–Kier alpha value is -3.29. The first-order valence-electron chi connectivity index (χ1n) is 12.7. The summed E-state index contributed by atoms with van der Waals surface area (Å²) >= 11 is 0. The quantitative estimate of drug-likeness (QED) is 0.370. The number of fused-ring (bicyclic) bond motifs is 1. The van der Waals surface area contributed by atoms with E-state index in [4.69, 9.17) is 5.26 Å². The van der Waals surface area contributed by atoms with Crippen molar-refractivity contribution >= 4 is 22.3 Å². The second-order valence-electron chi connectivity index (χ2n) is 9.46. The first-order chi connectivity index (χ1) is 16.9. The van der Waals surface area contributed by atoms with E-state index in [2.05, 4.69) is 67.3 Å². The van der Waals surface area contributed by atoms with Crippen LogP contribution in [0, 0.1) is 17.2 Å². The number of hydrogen-bond donors (Lipinski definition) is 0. The van der Waals surface area contributed by atoms with Crippen LogP contribution in [0.15, 0.2) is 66.7 Å². The fourth-order valence-corrected chi connectivity index (χ4v) is 4.94. The van der Waals surface area contributed by atoms with Crippen LogP contribution in [0.2, 0.25) is 0 Å². The molecule has 0 amide bonds. The van der Waals surface area contributed by atoms with Gasteiger partial charge in [0.1, 0.15) is 11.6 Å². The molecule has 1 aliphatic carbocycles. The highest BCUT2D eigenvalue weighted by Gasteiger charge is 2.36. The van der Waals surface area contributed by atoms with Crippen LogP contribution in [-0.2, 0) is 16.1 Å². The molecule has 0 heterocycles. The Labute approximate surface area is 209 Å². The number of Topliss-reactive ketones (excluding diaryl/α,β-unsaturated/α-hetero) is 2. The molecule has 1 unspecified atom stereocenters. The zero-order valence-electron chi connectivity index (χ0n) is 21.2. The maximum atomic E-state index is 11.5. The fraction of sp³-hybridized carbons (Fsp3) is 0.387. The lowest BCUT2D eigenvalue weighted by Crippen LogP contribution is -2.24. The SMILES string of the molecule is CC(=O)[C@H]1CC(=O)CC1c1ccc(C#N)cc1.CCCN(CCC)Cc1ccc2ccccc2c1. The van der Waals surface area contributed by atoms with Gasteiger partial charge in [-0.2, -0.15) is 5.26 Å². The second kappa shape index (κ2) is 13.0. The average molecular weight is 469 g/mol. The molecule has 3 aromatic carbocycles. The van der Waals surface area contributed by atoms with Crippen LogP contribution < -0.4 is 0 Å². The van der Waals surface area contributed by atoms with Gasteiger partial charge in [0.15, 0.2) is 0 Å². The molecule has 0 N–H and O–H groups in total. The summed E-state index contributed by atoms with van der Waals surface area (Å²) in [5.74, 6) is 0.0351. The number of carbonyl (C=O) groups excluding carboxylic acids is 2. The molecule has 4 rings (SSSR count). The smallest absolute Gasteiger partial charge is 0.134 e. The van der Waals surface area contributed by atoms with Crippen molar-refractivity contribution in [1.29, 1.82) is 5.26 Å². The van der Waals surface area contributed by atoms with Gasteiger partial charge in [0.25, 0.3) is 0 Å². The Morgan fingerprint density at radius 2 is 1.60 bits per heavy atom. The normalized spacial score (nSPS) is 17.2. The molecule has 0 aliphatic heterocycles. The summed E-state index contributed by atoms with van der Waals surface area (Å²) in [6, 6.07) is 24.6. The van der Waals surface area contributed by atoms with Gasteiger partial charge in [0.05, 0.1) is 11.6 Å². The standard InChI is InChI=1S/C17H23N.C14H13NO2/c1-3-11-18(12-4-2)14-15-9-10-16-7-5-6-8-17(16)13-15;1-9(16)13-6-12(17)7-14(13)11-4-2-10(8-15)3-5-11/h5-10,13H,3-4,11-12,14H2,1-2H3;2-5,13-14H,6-7H2,1H3/t;13-,14?/m.1/s1. The molecule has 35 heavy (non-hydrogen) atoms. The van der Waals surface area contributed by atoms with E-state index in [1.807, 2.05) is 12.1 Å². The van der Waals surface area contributed by atoms with Crippen molar-refractivity contribution in [1.82, 2.24) is 4.90 Å². The minimum atomic E-state index is -0.185. The van der Waals surface area contributed by atoms with Gasteiger partial charge in [-0.1, -0.05) is 62.4 Å². The zero-order valence-corrected chi connectivity index (χ0v) is 21.2. The molecule has 4 heteroatoms. The Balaban J connectivity index is 0.000000196. The predicted octanol–water partition coefficient (Wildman–Crippen LogP) is 6.67. The average Bonchev–Trinajstić information content (AvgIpc) is 3.27. The highest BCUT2D eigenvalue weighted by atomic mass is 16.1. The summed E-state index contributed by atoms with van der Waals surface area (Å²) in [4.78, 5) is 25.5. The number of nitriles is 1. The first-order valence-corrected chi connectivity index (χ1v) is 12.7. The van der Waals surface area contributed by atoms with E-state index in [-0.39, 0.29) is 23.4 Å². The zero-order chi connectivity index (χ0) is 25.2. The molecule has 0 spiro atoms. The minimum Gasteiger partial charge on any atom is -0.300 e. The predicted molar refractivity (Wildman–Crippen MR) is 142 cm³/mol. The summed E-state index contributed by atoms with van der Waals surface area (Å²) in [5.41, 5.74) is 3.00. The second-order valence-corrected chi connectivity index (χ2v) is 9.46. The molecule has 182 valence electrons. The monoisotopic (exact) mass is 468 g/mol. The van der Waals surface area contributed by atoms with Gasteiger partial charge < -0.3 is 0 Å². The number of benzene rings is 3. The summed E-state index contributed by atoms with van der Waals surface area (Å²) < 4.78 is 0. The van der Waals surface area contributed by atoms with Crippen molar-refractivity contribution in [2.75, 3.05) is 13.1 Å². The number of rotatable bonds is 8. The van der Waals surface area contributed by atoms with E-state index in [1.54, 1.807) is 19.1 Å². The Bertz CT molecular complexity index is 1170. The van der Waals surface area contributed by atoms with Crippen LogP contribution in [0.1, 0.15) is 69.1 Å². The van der Waals surface area contributed by atoms with E-state index in [0.717, 1.165) is 12.1 Å². The maximum Gasteiger partial charge on any atom is 0.134 e. The summed E-state index contributed by atoms with van der Waals surface area (Å²) in [7, 11) is 0. The highest BCUT2D eigenvalue weighted by molar-refractivity contribution is 5.91. The number of hydrogen-bond acceptors (Lipinski definition) is 4. The Morgan fingerprint density at radius 3 is 2.20 bits per heavy atom. The topological polar surface area (TPSA) is 61.2 Å². The lowest BCUT2D eigenvalue weighted by atomic mass is 9.86. The number of nitrogens with zero attached hydrogens (tertiary/aromatic N) is 2. The Morgan fingerprint density at radius 1 is 0.943 bits per heavy atom. The van der Waals surface area contributed by atoms with Gasteiger partial charge in [0, 0.05) is 31.2 Å². The Kier molecular flexibility index (Phi) is 9.76. The van der Waals surface area contributed by atoms with Crippen LogP contribution in [0.4, 0.5) is 0 Å². The highest BCUT2D eigenvalue weighted by Crippen LogP contribution is 2.38. The van der Waals surface area contributed by atoms with Crippen LogP contribution in [0.25, 0.3) is 10.8 Å². The van der Waals surface area contributed by atoms with Crippen molar-refractivity contribution in [2.24, 2.45) is 5.92 Å². The molecule has 1 saturated carbocycles. The molecule has 4 nitrogen and oxygen atoms in total. The largest absolute Gasteiger partial charge is 0.300 e. The molecule has 1 fully saturated rings. The van der Waals surface area contributed by atoms with Gasteiger partial charge in [-0.05, 0) is 73.0 Å². The van der Waals surface area contributed by atoms with Gasteiger partial charge in [0.2, 0.25) is 0 Å². The molecule has 1 aliphatic rings. The van der Waals surface area contributed by atoms with E-state index in [0.29, 0.717) is 18.4 Å². The number of carbonyl (C=O) groups is 2. The van der Waals surface area contributed by atoms with Crippen LogP contribution in [0.5, 0.6) is 0 Å². The molecule has 0 aromatic heterocycles. The third-order valence-corrected chi connectivity index (χ3v) is 6.67. The fourth-order valence-electron chi connectivity index (χ4n) is 4.94. The molecule has 0 bridgehead atoms. The third kappa shape index (κ3) is 7.34. The van der Waals surface area contributed by atoms with Crippen molar-refractivity contribution in [3.05, 3.63) is 83.4 Å². The lowest BCUT2D eigenvalue weighted by molar-refractivity contribution is -0.123. The van der Waals surface area contributed by atoms with Crippen molar-refractivity contribution in [2.45, 2.75) is 58.9 Å². The first kappa shape index (κ1) is 26.3. The molecule has 0 saturated heterocycles. The number of ketones is 2. The summed E-state index contributed by atoms with van der Waals surface area (Å²) in [6.45, 7) is 9.51. The molecule has 3 aromatic rings.